The fraction of sp³-hybridized carbons (Fsp3) is 0.467. The summed E-state index contributed by atoms with van der Waals surface area (Å²) in [4.78, 5) is 35.0. The third kappa shape index (κ3) is 5.24. The first-order valence-corrected chi connectivity index (χ1v) is 7.33. The van der Waals surface area contributed by atoms with E-state index >= 15 is 0 Å². The van der Waals surface area contributed by atoms with Crippen LogP contribution in [0, 0.1) is 10.1 Å². The molecule has 1 aromatic rings. The van der Waals surface area contributed by atoms with Gasteiger partial charge < -0.3 is 14.7 Å². The monoisotopic (exact) mass is 324 g/mol. The molecule has 8 nitrogen and oxygen atoms in total. The molecular weight excluding hydrogens is 304 g/mol. The zero-order valence-corrected chi connectivity index (χ0v) is 13.2. The number of carboxylic acid groups (broad SMARTS) is 1. The summed E-state index contributed by atoms with van der Waals surface area (Å²) in [5, 5.41) is 19.9. The fourth-order valence-corrected chi connectivity index (χ4v) is 2.05. The molecule has 126 valence electrons. The smallest absolute Gasteiger partial charge is 0.335 e. The van der Waals surface area contributed by atoms with Crippen LogP contribution in [0.2, 0.25) is 0 Å². The largest absolute Gasteiger partial charge is 0.478 e. The van der Waals surface area contributed by atoms with Crippen LogP contribution in [-0.4, -0.2) is 46.5 Å². The van der Waals surface area contributed by atoms with Crippen LogP contribution in [0.4, 0.5) is 5.69 Å². The first kappa shape index (κ1) is 18.4. The zero-order valence-electron chi connectivity index (χ0n) is 13.2. The molecule has 1 amide bonds. The van der Waals surface area contributed by atoms with Gasteiger partial charge in [0.25, 0.3) is 5.91 Å². The summed E-state index contributed by atoms with van der Waals surface area (Å²) in [6, 6.07) is 3.23. The molecule has 1 rings (SSSR count). The molecule has 0 atom stereocenters. The van der Waals surface area contributed by atoms with E-state index in [0.717, 1.165) is 31.0 Å². The quantitative estimate of drug-likeness (QED) is 0.551. The average Bonchev–Trinajstić information content (AvgIpc) is 2.51. The van der Waals surface area contributed by atoms with Crippen LogP contribution in [-0.2, 0) is 4.79 Å². The second-order valence-corrected chi connectivity index (χ2v) is 4.91. The first-order valence-electron chi connectivity index (χ1n) is 7.33. The second-order valence-electron chi connectivity index (χ2n) is 4.91. The Bertz CT molecular complexity index is 581. The van der Waals surface area contributed by atoms with Gasteiger partial charge in [0.05, 0.1) is 10.5 Å². The van der Waals surface area contributed by atoms with Crippen LogP contribution < -0.4 is 4.74 Å². The van der Waals surface area contributed by atoms with Crippen LogP contribution in [0.3, 0.4) is 0 Å². The van der Waals surface area contributed by atoms with E-state index in [1.165, 1.54) is 0 Å². The molecular formula is C15H20N2O6. The van der Waals surface area contributed by atoms with E-state index in [0.29, 0.717) is 13.1 Å². The van der Waals surface area contributed by atoms with E-state index in [1.54, 1.807) is 4.90 Å². The predicted octanol–water partition coefficient (Wildman–Crippen LogP) is 2.32. The minimum absolute atomic E-state index is 0.142. The van der Waals surface area contributed by atoms with Crippen molar-refractivity contribution < 1.29 is 24.4 Å². The lowest BCUT2D eigenvalue weighted by Gasteiger charge is -2.21. The maximum Gasteiger partial charge on any atom is 0.335 e. The van der Waals surface area contributed by atoms with Crippen LogP contribution >= 0.6 is 0 Å². The molecule has 8 heteroatoms. The molecule has 0 saturated heterocycles. The molecule has 0 bridgehead atoms. The molecule has 0 fully saturated rings. The third-order valence-electron chi connectivity index (χ3n) is 3.09. The van der Waals surface area contributed by atoms with Gasteiger partial charge in [-0.25, -0.2) is 4.79 Å². The standard InChI is InChI=1S/C15H20N2O6/c1-3-7-16(8-4-2)14(18)10-23-13-9-11(15(19)20)5-6-12(13)17(21)22/h5-6,9H,3-4,7-8,10H2,1-2H3,(H,19,20). The Kier molecular flexibility index (Phi) is 6.98. The van der Waals surface area contributed by atoms with E-state index < -0.39 is 10.9 Å². The Balaban J connectivity index is 2.90. The number of aromatic carboxylic acids is 1. The van der Waals surface area contributed by atoms with Crippen LogP contribution in [0.25, 0.3) is 0 Å². The molecule has 0 aliphatic carbocycles. The number of benzene rings is 1. The Morgan fingerprint density at radius 1 is 1.26 bits per heavy atom. The fourth-order valence-electron chi connectivity index (χ4n) is 2.05. The van der Waals surface area contributed by atoms with Gasteiger partial charge in [-0.2, -0.15) is 0 Å². The predicted molar refractivity (Wildman–Crippen MR) is 82.7 cm³/mol. The topological polar surface area (TPSA) is 110 Å². The number of rotatable bonds is 9. The average molecular weight is 324 g/mol. The van der Waals surface area contributed by atoms with Gasteiger partial charge in [0.15, 0.2) is 12.4 Å². The van der Waals surface area contributed by atoms with Crippen molar-refractivity contribution in [1.29, 1.82) is 0 Å². The molecule has 1 aromatic carbocycles. The molecule has 0 heterocycles. The number of carbonyl (C=O) groups excluding carboxylic acids is 1. The van der Waals surface area contributed by atoms with Gasteiger partial charge in [0.2, 0.25) is 0 Å². The number of carboxylic acids is 1. The SMILES string of the molecule is CCCN(CCC)C(=O)COc1cc(C(=O)O)ccc1[N+](=O)[O-]. The molecule has 0 saturated carbocycles. The number of amides is 1. The highest BCUT2D eigenvalue weighted by Crippen LogP contribution is 2.28. The van der Waals surface area contributed by atoms with Crippen molar-refractivity contribution in [3.05, 3.63) is 33.9 Å². The van der Waals surface area contributed by atoms with Crippen molar-refractivity contribution in [2.24, 2.45) is 0 Å². The summed E-state index contributed by atoms with van der Waals surface area (Å²) in [7, 11) is 0. The molecule has 0 spiro atoms. The maximum atomic E-state index is 12.1. The summed E-state index contributed by atoms with van der Waals surface area (Å²) in [5.74, 6) is -1.74. The molecule has 23 heavy (non-hydrogen) atoms. The highest BCUT2D eigenvalue weighted by Gasteiger charge is 2.20. The summed E-state index contributed by atoms with van der Waals surface area (Å²) < 4.78 is 5.23. The molecule has 0 aliphatic rings. The number of hydrogen-bond donors (Lipinski definition) is 1. The van der Waals surface area contributed by atoms with Gasteiger partial charge in [-0.15, -0.1) is 0 Å². The van der Waals surface area contributed by atoms with E-state index in [1.807, 2.05) is 13.8 Å². The lowest BCUT2D eigenvalue weighted by Crippen LogP contribution is -2.36. The van der Waals surface area contributed by atoms with Gasteiger partial charge in [-0.3, -0.25) is 14.9 Å². The minimum atomic E-state index is -1.23. The number of nitrogens with zero attached hydrogens (tertiary/aromatic N) is 2. The van der Waals surface area contributed by atoms with Crippen molar-refractivity contribution in [3.8, 4) is 5.75 Å². The third-order valence-corrected chi connectivity index (χ3v) is 3.09. The first-order chi connectivity index (χ1) is 10.9. The van der Waals surface area contributed by atoms with Gasteiger partial charge in [-0.05, 0) is 18.9 Å². The Morgan fingerprint density at radius 2 is 1.87 bits per heavy atom. The highest BCUT2D eigenvalue weighted by atomic mass is 16.6. The van der Waals surface area contributed by atoms with Gasteiger partial charge in [-0.1, -0.05) is 13.8 Å². The number of carbonyl (C=O) groups is 2. The zero-order chi connectivity index (χ0) is 17.4. The van der Waals surface area contributed by atoms with Crippen molar-refractivity contribution in [3.63, 3.8) is 0 Å². The van der Waals surface area contributed by atoms with Crippen molar-refractivity contribution in [2.45, 2.75) is 26.7 Å². The van der Waals surface area contributed by atoms with Crippen LogP contribution in [0.15, 0.2) is 18.2 Å². The van der Waals surface area contributed by atoms with Crippen molar-refractivity contribution in [2.75, 3.05) is 19.7 Å². The van der Waals surface area contributed by atoms with Crippen LogP contribution in [0.5, 0.6) is 5.75 Å². The number of nitro groups is 1. The molecule has 0 aromatic heterocycles. The summed E-state index contributed by atoms with van der Waals surface area (Å²) in [5.41, 5.74) is -0.516. The summed E-state index contributed by atoms with van der Waals surface area (Å²) in [6.07, 6.45) is 1.58. The molecule has 0 radical (unpaired) electrons. The van der Waals surface area contributed by atoms with Crippen molar-refractivity contribution >= 4 is 17.6 Å². The minimum Gasteiger partial charge on any atom is -0.478 e. The van der Waals surface area contributed by atoms with E-state index in [-0.39, 0.29) is 29.5 Å². The molecule has 0 unspecified atom stereocenters. The van der Waals surface area contributed by atoms with E-state index in [2.05, 4.69) is 0 Å². The summed E-state index contributed by atoms with van der Waals surface area (Å²) in [6.45, 7) is 4.67. The lowest BCUT2D eigenvalue weighted by atomic mass is 10.2. The lowest BCUT2D eigenvalue weighted by molar-refractivity contribution is -0.385. The number of nitro benzene ring substituents is 1. The normalized spacial score (nSPS) is 10.2. The van der Waals surface area contributed by atoms with Gasteiger partial charge in [0, 0.05) is 25.2 Å². The van der Waals surface area contributed by atoms with E-state index in [4.69, 9.17) is 9.84 Å². The van der Waals surface area contributed by atoms with Gasteiger partial charge >= 0.3 is 11.7 Å². The Morgan fingerprint density at radius 3 is 2.35 bits per heavy atom. The van der Waals surface area contributed by atoms with Crippen molar-refractivity contribution in [1.82, 2.24) is 4.90 Å². The molecule has 1 N–H and O–H groups in total. The van der Waals surface area contributed by atoms with Gasteiger partial charge in [0.1, 0.15) is 0 Å². The van der Waals surface area contributed by atoms with E-state index in [9.17, 15) is 19.7 Å². The highest BCUT2D eigenvalue weighted by molar-refractivity contribution is 5.88. The Labute approximate surface area is 133 Å². The maximum absolute atomic E-state index is 12.1. The number of hydrogen-bond acceptors (Lipinski definition) is 5. The summed E-state index contributed by atoms with van der Waals surface area (Å²) >= 11 is 0. The Hall–Kier alpha value is -2.64. The van der Waals surface area contributed by atoms with Crippen LogP contribution in [0.1, 0.15) is 37.0 Å². The molecule has 0 aliphatic heterocycles. The number of ether oxygens (including phenoxy) is 1. The second kappa shape index (κ2) is 8.72.